The summed E-state index contributed by atoms with van der Waals surface area (Å²) >= 11 is 0. The number of primary sulfonamides is 1. The van der Waals surface area contributed by atoms with Crippen LogP contribution in [0.1, 0.15) is 0 Å². The molecule has 0 unspecified atom stereocenters. The van der Waals surface area contributed by atoms with Gasteiger partial charge in [-0.05, 0) is 24.3 Å². The molecule has 4 atom stereocenters. The van der Waals surface area contributed by atoms with Gasteiger partial charge in [-0.15, -0.1) is 0 Å². The summed E-state index contributed by atoms with van der Waals surface area (Å²) in [6, 6.07) is 4.60. The molecule has 1 aromatic rings. The monoisotopic (exact) mass is 348 g/mol. The van der Waals surface area contributed by atoms with E-state index in [0.717, 1.165) is 12.1 Å². The Balaban J connectivity index is 2.77. The zero-order valence-electron chi connectivity index (χ0n) is 11.6. The van der Waals surface area contributed by atoms with Crippen LogP contribution >= 0.6 is 0 Å². The standard InChI is InChI=1S/C12H16N2O8S/c13-23(21,22)7-3-1-6(2-4-7)14-12(20)11(19)10(18)9(17)8(16)5-15/h1-5,8-11,16-19H,(H,14,20)(H2,13,21,22)/t8-,9+,10-,11-/m0/s1. The number of benzene rings is 1. The predicted octanol–water partition coefficient (Wildman–Crippen LogP) is -3.08. The molecule has 1 amide bonds. The number of aliphatic hydroxyl groups excluding tert-OH is 4. The first-order valence-corrected chi connectivity index (χ1v) is 7.74. The van der Waals surface area contributed by atoms with Gasteiger partial charge in [0.1, 0.15) is 18.3 Å². The van der Waals surface area contributed by atoms with Crippen molar-refractivity contribution in [3.63, 3.8) is 0 Å². The lowest BCUT2D eigenvalue weighted by Crippen LogP contribution is -2.49. The van der Waals surface area contributed by atoms with E-state index in [1.54, 1.807) is 0 Å². The lowest BCUT2D eigenvalue weighted by molar-refractivity contribution is -0.146. The first-order valence-electron chi connectivity index (χ1n) is 6.19. The molecular weight excluding hydrogens is 332 g/mol. The molecule has 0 heterocycles. The highest BCUT2D eigenvalue weighted by Gasteiger charge is 2.34. The molecule has 0 aliphatic rings. The number of aliphatic hydroxyl groups is 4. The summed E-state index contributed by atoms with van der Waals surface area (Å²) in [5.74, 6) is -1.14. The van der Waals surface area contributed by atoms with E-state index in [0.29, 0.717) is 0 Å². The Morgan fingerprint density at radius 2 is 1.61 bits per heavy atom. The van der Waals surface area contributed by atoms with Gasteiger partial charge < -0.3 is 30.5 Å². The number of carbonyl (C=O) groups is 2. The van der Waals surface area contributed by atoms with Crippen molar-refractivity contribution in [3.8, 4) is 0 Å². The molecule has 0 radical (unpaired) electrons. The third-order valence-electron chi connectivity index (χ3n) is 2.88. The molecule has 0 fully saturated rings. The molecule has 0 aliphatic carbocycles. The first-order chi connectivity index (χ1) is 10.6. The minimum atomic E-state index is -3.90. The highest BCUT2D eigenvalue weighted by molar-refractivity contribution is 7.89. The van der Waals surface area contributed by atoms with Crippen molar-refractivity contribution < 1.29 is 38.4 Å². The fourth-order valence-corrected chi connectivity index (χ4v) is 2.08. The number of nitrogens with two attached hydrogens (primary N) is 1. The summed E-state index contributed by atoms with van der Waals surface area (Å²) < 4.78 is 22.1. The average Bonchev–Trinajstić information content (AvgIpc) is 2.51. The molecule has 0 saturated carbocycles. The molecular formula is C12H16N2O8S. The van der Waals surface area contributed by atoms with E-state index < -0.39 is 40.3 Å². The van der Waals surface area contributed by atoms with Crippen LogP contribution in [-0.4, -0.2) is 65.5 Å². The number of aldehydes is 1. The molecule has 0 spiro atoms. The van der Waals surface area contributed by atoms with Gasteiger partial charge in [0, 0.05) is 5.69 Å². The predicted molar refractivity (Wildman–Crippen MR) is 76.5 cm³/mol. The van der Waals surface area contributed by atoms with Crippen LogP contribution in [0, 0.1) is 0 Å². The van der Waals surface area contributed by atoms with Gasteiger partial charge in [0.15, 0.2) is 12.4 Å². The maximum Gasteiger partial charge on any atom is 0.256 e. The fraction of sp³-hybridized carbons (Fsp3) is 0.333. The maximum absolute atomic E-state index is 11.7. The third kappa shape index (κ3) is 5.06. The van der Waals surface area contributed by atoms with Gasteiger partial charge in [-0.3, -0.25) is 4.79 Å². The SMILES string of the molecule is NS(=O)(=O)c1ccc(NC(=O)[C@@H](O)[C@@H](O)[C@H](O)[C@@H](O)C=O)cc1. The Morgan fingerprint density at radius 1 is 1.09 bits per heavy atom. The highest BCUT2D eigenvalue weighted by Crippen LogP contribution is 2.14. The minimum Gasteiger partial charge on any atom is -0.387 e. The van der Waals surface area contributed by atoms with Gasteiger partial charge in [-0.2, -0.15) is 0 Å². The molecule has 7 N–H and O–H groups in total. The summed E-state index contributed by atoms with van der Waals surface area (Å²) in [5.41, 5.74) is 0.0825. The van der Waals surface area contributed by atoms with E-state index in [4.69, 9.17) is 10.2 Å². The Kier molecular flexibility index (Phi) is 6.32. The smallest absolute Gasteiger partial charge is 0.256 e. The Bertz CT molecular complexity index is 660. The molecule has 0 aliphatic heterocycles. The summed E-state index contributed by atoms with van der Waals surface area (Å²) in [7, 11) is -3.90. The van der Waals surface area contributed by atoms with Crippen molar-refractivity contribution >= 4 is 27.9 Å². The Hall–Kier alpha value is -1.89. The summed E-state index contributed by atoms with van der Waals surface area (Å²) in [5, 5.41) is 44.5. The fourth-order valence-electron chi connectivity index (χ4n) is 1.57. The highest BCUT2D eigenvalue weighted by atomic mass is 32.2. The van der Waals surface area contributed by atoms with Crippen LogP contribution in [0.2, 0.25) is 0 Å². The van der Waals surface area contributed by atoms with Gasteiger partial charge in [0.05, 0.1) is 4.90 Å². The quantitative estimate of drug-likeness (QED) is 0.280. The van der Waals surface area contributed by atoms with Gasteiger partial charge in [0.25, 0.3) is 5.91 Å². The van der Waals surface area contributed by atoms with Crippen LogP contribution in [0.4, 0.5) is 5.69 Å². The van der Waals surface area contributed by atoms with Gasteiger partial charge in [-0.1, -0.05) is 0 Å². The number of hydrogen-bond acceptors (Lipinski definition) is 8. The zero-order valence-corrected chi connectivity index (χ0v) is 12.4. The molecule has 1 aromatic carbocycles. The topological polar surface area (TPSA) is 187 Å². The van der Waals surface area contributed by atoms with Crippen LogP contribution in [0.5, 0.6) is 0 Å². The maximum atomic E-state index is 11.7. The number of amides is 1. The molecule has 0 saturated heterocycles. The molecule has 128 valence electrons. The Morgan fingerprint density at radius 3 is 2.04 bits per heavy atom. The number of sulfonamides is 1. The van der Waals surface area contributed by atoms with Crippen LogP contribution in [0.25, 0.3) is 0 Å². The second kappa shape index (κ2) is 7.59. The molecule has 0 bridgehead atoms. The second-order valence-electron chi connectivity index (χ2n) is 4.61. The summed E-state index contributed by atoms with van der Waals surface area (Å²) in [6.45, 7) is 0. The van der Waals surface area contributed by atoms with Gasteiger partial charge in [-0.25, -0.2) is 13.6 Å². The molecule has 1 rings (SSSR count). The van der Waals surface area contributed by atoms with Crippen molar-refractivity contribution in [3.05, 3.63) is 24.3 Å². The normalized spacial score (nSPS) is 16.9. The number of carbonyl (C=O) groups excluding carboxylic acids is 2. The molecule has 23 heavy (non-hydrogen) atoms. The van der Waals surface area contributed by atoms with E-state index >= 15 is 0 Å². The van der Waals surface area contributed by atoms with Crippen molar-refractivity contribution in [2.24, 2.45) is 5.14 Å². The van der Waals surface area contributed by atoms with Gasteiger partial charge >= 0.3 is 0 Å². The Labute approximate surface area is 131 Å². The van der Waals surface area contributed by atoms with Crippen LogP contribution < -0.4 is 10.5 Å². The second-order valence-corrected chi connectivity index (χ2v) is 6.17. The third-order valence-corrected chi connectivity index (χ3v) is 3.81. The van der Waals surface area contributed by atoms with Crippen molar-refractivity contribution in [2.45, 2.75) is 29.3 Å². The van der Waals surface area contributed by atoms with E-state index in [9.17, 15) is 33.3 Å². The molecule has 0 aromatic heterocycles. The van der Waals surface area contributed by atoms with Crippen LogP contribution in [-0.2, 0) is 19.6 Å². The van der Waals surface area contributed by atoms with Gasteiger partial charge in [0.2, 0.25) is 10.0 Å². The number of anilines is 1. The molecule has 11 heteroatoms. The van der Waals surface area contributed by atoms with Crippen LogP contribution in [0.15, 0.2) is 29.2 Å². The minimum absolute atomic E-state index is 0.0650. The van der Waals surface area contributed by atoms with E-state index in [1.807, 2.05) is 0 Å². The number of rotatable bonds is 7. The van der Waals surface area contributed by atoms with E-state index in [-0.39, 0.29) is 16.9 Å². The first kappa shape index (κ1) is 19.2. The summed E-state index contributed by atoms with van der Waals surface area (Å²) in [4.78, 5) is 21.8. The van der Waals surface area contributed by atoms with E-state index in [1.165, 1.54) is 12.1 Å². The van der Waals surface area contributed by atoms with E-state index in [2.05, 4.69) is 5.32 Å². The van der Waals surface area contributed by atoms with Crippen LogP contribution in [0.3, 0.4) is 0 Å². The largest absolute Gasteiger partial charge is 0.387 e. The molecule has 10 nitrogen and oxygen atoms in total. The average molecular weight is 348 g/mol. The van der Waals surface area contributed by atoms with Crippen molar-refractivity contribution in [2.75, 3.05) is 5.32 Å². The zero-order chi connectivity index (χ0) is 17.8. The number of nitrogens with one attached hydrogen (secondary N) is 1. The van der Waals surface area contributed by atoms with Crippen molar-refractivity contribution in [1.82, 2.24) is 0 Å². The van der Waals surface area contributed by atoms with Crippen molar-refractivity contribution in [1.29, 1.82) is 0 Å². The number of hydrogen-bond donors (Lipinski definition) is 6. The summed E-state index contributed by atoms with van der Waals surface area (Å²) in [6.07, 6.45) is -8.35. The lowest BCUT2D eigenvalue weighted by atomic mass is 10.0. The lowest BCUT2D eigenvalue weighted by Gasteiger charge is -2.23.